The molecule has 21 heavy (non-hydrogen) atoms. The molecular formula is C17H26N2O2. The molecule has 2 rings (SSSR count). The molecule has 2 N–H and O–H groups in total. The zero-order chi connectivity index (χ0) is 15.2. The molecule has 0 saturated carbocycles. The minimum absolute atomic E-state index is 0.00783. The van der Waals surface area contributed by atoms with Gasteiger partial charge < -0.3 is 15.4 Å². The molecular weight excluding hydrogens is 264 g/mol. The molecule has 0 radical (unpaired) electrons. The quantitative estimate of drug-likeness (QED) is 0.872. The largest absolute Gasteiger partial charge is 0.378 e. The zero-order valence-corrected chi connectivity index (χ0v) is 13.2. The molecule has 0 spiro atoms. The first-order valence-corrected chi connectivity index (χ1v) is 7.76. The molecule has 1 fully saturated rings. The third-order valence-electron chi connectivity index (χ3n) is 3.72. The van der Waals surface area contributed by atoms with Crippen molar-refractivity contribution in [3.8, 4) is 0 Å². The Balaban J connectivity index is 1.90. The van der Waals surface area contributed by atoms with Crippen LogP contribution in [0.4, 0.5) is 0 Å². The van der Waals surface area contributed by atoms with E-state index in [4.69, 9.17) is 4.74 Å². The summed E-state index contributed by atoms with van der Waals surface area (Å²) >= 11 is 0. The molecule has 1 saturated heterocycles. The van der Waals surface area contributed by atoms with Crippen LogP contribution in [-0.2, 0) is 16.0 Å². The summed E-state index contributed by atoms with van der Waals surface area (Å²) in [5.74, 6) is 0.666. The second-order valence-electron chi connectivity index (χ2n) is 6.15. The van der Waals surface area contributed by atoms with E-state index in [9.17, 15) is 4.79 Å². The highest BCUT2D eigenvalue weighted by atomic mass is 16.5. The van der Waals surface area contributed by atoms with Crippen molar-refractivity contribution in [1.29, 1.82) is 0 Å². The van der Waals surface area contributed by atoms with Gasteiger partial charge in [0.2, 0.25) is 5.91 Å². The van der Waals surface area contributed by atoms with E-state index in [1.54, 1.807) is 0 Å². The number of nitrogens with one attached hydrogen (secondary N) is 2. The number of benzene rings is 1. The lowest BCUT2D eigenvalue weighted by molar-refractivity contribution is -0.126. The van der Waals surface area contributed by atoms with Gasteiger partial charge in [-0.05, 0) is 30.4 Å². The molecule has 0 aromatic heterocycles. The third kappa shape index (κ3) is 4.83. The molecule has 1 aliphatic heterocycles. The predicted molar refractivity (Wildman–Crippen MR) is 84.2 cm³/mol. The SMILES string of the molecule is CC(C)Cc1ccc(C(C)NC(=O)C2COCCN2)cc1. The fourth-order valence-electron chi connectivity index (χ4n) is 2.54. The molecule has 1 aromatic rings. The van der Waals surface area contributed by atoms with Crippen molar-refractivity contribution in [2.45, 2.75) is 39.3 Å². The first-order chi connectivity index (χ1) is 10.1. The molecule has 1 aromatic carbocycles. The average molecular weight is 290 g/mol. The lowest BCUT2D eigenvalue weighted by Gasteiger charge is -2.25. The van der Waals surface area contributed by atoms with Crippen LogP contribution < -0.4 is 10.6 Å². The molecule has 4 nitrogen and oxygen atoms in total. The van der Waals surface area contributed by atoms with E-state index in [0.717, 1.165) is 18.5 Å². The number of amides is 1. The smallest absolute Gasteiger partial charge is 0.240 e. The van der Waals surface area contributed by atoms with Gasteiger partial charge in [0.1, 0.15) is 6.04 Å². The molecule has 2 atom stereocenters. The van der Waals surface area contributed by atoms with Gasteiger partial charge in [0.05, 0.1) is 19.3 Å². The van der Waals surface area contributed by atoms with Crippen LogP contribution in [-0.4, -0.2) is 31.7 Å². The Morgan fingerprint density at radius 1 is 1.33 bits per heavy atom. The maximum absolute atomic E-state index is 12.1. The van der Waals surface area contributed by atoms with Gasteiger partial charge in [-0.3, -0.25) is 4.79 Å². The summed E-state index contributed by atoms with van der Waals surface area (Å²) in [5.41, 5.74) is 2.47. The maximum Gasteiger partial charge on any atom is 0.240 e. The van der Waals surface area contributed by atoms with Crippen LogP contribution in [0.3, 0.4) is 0 Å². The van der Waals surface area contributed by atoms with Gasteiger partial charge in [-0.2, -0.15) is 0 Å². The predicted octanol–water partition coefficient (Wildman–Crippen LogP) is 2.05. The molecule has 1 heterocycles. The lowest BCUT2D eigenvalue weighted by atomic mass is 10.00. The number of carbonyl (C=O) groups is 1. The van der Waals surface area contributed by atoms with Crippen molar-refractivity contribution < 1.29 is 9.53 Å². The van der Waals surface area contributed by atoms with Gasteiger partial charge in [0.15, 0.2) is 0 Å². The number of hydrogen-bond donors (Lipinski definition) is 2. The summed E-state index contributed by atoms with van der Waals surface area (Å²) in [4.78, 5) is 12.1. The summed E-state index contributed by atoms with van der Waals surface area (Å²) in [6.45, 7) is 8.31. The van der Waals surface area contributed by atoms with Crippen molar-refractivity contribution in [3.63, 3.8) is 0 Å². The summed E-state index contributed by atoms with van der Waals surface area (Å²) in [6, 6.07) is 8.29. The van der Waals surface area contributed by atoms with Crippen molar-refractivity contribution >= 4 is 5.91 Å². The van der Waals surface area contributed by atoms with E-state index in [2.05, 4.69) is 48.7 Å². The van der Waals surface area contributed by atoms with Crippen LogP contribution >= 0.6 is 0 Å². The topological polar surface area (TPSA) is 50.4 Å². The molecule has 1 aliphatic rings. The fraction of sp³-hybridized carbons (Fsp3) is 0.588. The number of hydrogen-bond acceptors (Lipinski definition) is 3. The Morgan fingerprint density at radius 2 is 2.05 bits per heavy atom. The van der Waals surface area contributed by atoms with Crippen LogP contribution in [0.1, 0.15) is 37.9 Å². The van der Waals surface area contributed by atoms with E-state index in [0.29, 0.717) is 19.1 Å². The minimum Gasteiger partial charge on any atom is -0.378 e. The summed E-state index contributed by atoms with van der Waals surface area (Å²) in [7, 11) is 0. The van der Waals surface area contributed by atoms with Crippen molar-refractivity contribution in [2.24, 2.45) is 5.92 Å². The van der Waals surface area contributed by atoms with Gasteiger partial charge >= 0.3 is 0 Å². The van der Waals surface area contributed by atoms with E-state index >= 15 is 0 Å². The summed E-state index contributed by atoms with van der Waals surface area (Å²) < 4.78 is 5.32. The highest BCUT2D eigenvalue weighted by Crippen LogP contribution is 2.15. The third-order valence-corrected chi connectivity index (χ3v) is 3.72. The summed E-state index contributed by atoms with van der Waals surface area (Å²) in [6.07, 6.45) is 1.09. The van der Waals surface area contributed by atoms with Gasteiger partial charge in [-0.15, -0.1) is 0 Å². The van der Waals surface area contributed by atoms with Gasteiger partial charge in [0, 0.05) is 6.54 Å². The average Bonchev–Trinajstić information content (AvgIpc) is 2.48. The molecule has 4 heteroatoms. The molecule has 0 bridgehead atoms. The number of morpholine rings is 1. The zero-order valence-electron chi connectivity index (χ0n) is 13.2. The van der Waals surface area contributed by atoms with E-state index < -0.39 is 0 Å². The monoisotopic (exact) mass is 290 g/mol. The Bertz CT molecular complexity index is 450. The highest BCUT2D eigenvalue weighted by molar-refractivity contribution is 5.82. The van der Waals surface area contributed by atoms with Gasteiger partial charge in [-0.1, -0.05) is 38.1 Å². The van der Waals surface area contributed by atoms with Crippen LogP contribution in [0.5, 0.6) is 0 Å². The molecule has 2 unspecified atom stereocenters. The second-order valence-corrected chi connectivity index (χ2v) is 6.15. The van der Waals surface area contributed by atoms with Crippen LogP contribution in [0.25, 0.3) is 0 Å². The Hall–Kier alpha value is -1.39. The van der Waals surface area contributed by atoms with Gasteiger partial charge in [-0.25, -0.2) is 0 Å². The number of ether oxygens (including phenoxy) is 1. The van der Waals surface area contributed by atoms with E-state index in [1.807, 2.05) is 6.92 Å². The highest BCUT2D eigenvalue weighted by Gasteiger charge is 2.22. The van der Waals surface area contributed by atoms with Crippen LogP contribution in [0, 0.1) is 5.92 Å². The molecule has 0 aliphatic carbocycles. The minimum atomic E-state index is -0.235. The normalized spacial score (nSPS) is 20.3. The van der Waals surface area contributed by atoms with Crippen LogP contribution in [0.2, 0.25) is 0 Å². The van der Waals surface area contributed by atoms with Crippen molar-refractivity contribution in [3.05, 3.63) is 35.4 Å². The van der Waals surface area contributed by atoms with Crippen LogP contribution in [0.15, 0.2) is 24.3 Å². The molecule has 116 valence electrons. The van der Waals surface area contributed by atoms with E-state index in [1.165, 1.54) is 5.56 Å². The maximum atomic E-state index is 12.1. The number of rotatable bonds is 5. The second kappa shape index (κ2) is 7.57. The first-order valence-electron chi connectivity index (χ1n) is 7.76. The fourth-order valence-corrected chi connectivity index (χ4v) is 2.54. The van der Waals surface area contributed by atoms with E-state index in [-0.39, 0.29) is 18.0 Å². The summed E-state index contributed by atoms with van der Waals surface area (Å²) in [5, 5.41) is 6.21. The van der Waals surface area contributed by atoms with Crippen molar-refractivity contribution in [1.82, 2.24) is 10.6 Å². The standard InChI is InChI=1S/C17H26N2O2/c1-12(2)10-14-4-6-15(7-5-14)13(3)19-17(20)16-11-21-9-8-18-16/h4-7,12-13,16,18H,8-11H2,1-3H3,(H,19,20). The number of carbonyl (C=O) groups excluding carboxylic acids is 1. The van der Waals surface area contributed by atoms with Crippen molar-refractivity contribution in [2.75, 3.05) is 19.8 Å². The Morgan fingerprint density at radius 3 is 2.62 bits per heavy atom. The first kappa shape index (κ1) is 16.0. The van der Waals surface area contributed by atoms with Gasteiger partial charge in [0.25, 0.3) is 0 Å². The Labute approximate surface area is 127 Å². The Kier molecular flexibility index (Phi) is 5.76. The molecule has 1 amide bonds. The lowest BCUT2D eigenvalue weighted by Crippen LogP contribution is -2.51.